The number of para-hydroxylation sites is 1. The minimum absolute atomic E-state index is 0.305. The number of nitrogens with zero attached hydrogens (tertiary/aromatic N) is 4. The fourth-order valence-electron chi connectivity index (χ4n) is 3.56. The van der Waals surface area contributed by atoms with E-state index in [0.717, 1.165) is 4.68 Å². The van der Waals surface area contributed by atoms with Crippen LogP contribution in [-0.4, -0.2) is 31.8 Å². The van der Waals surface area contributed by atoms with Gasteiger partial charge in [-0.1, -0.05) is 30.3 Å². The normalized spacial score (nSPS) is 12.5. The minimum atomic E-state index is -4.78. The number of carbonyl (C=O) groups excluding carboxylic acids is 1. The van der Waals surface area contributed by atoms with Crippen molar-refractivity contribution in [3.8, 4) is 11.4 Å². The third-order valence-corrected chi connectivity index (χ3v) is 5.15. The van der Waals surface area contributed by atoms with E-state index in [1.165, 1.54) is 28.9 Å². The van der Waals surface area contributed by atoms with E-state index in [9.17, 15) is 22.8 Å². The lowest BCUT2D eigenvalue weighted by molar-refractivity contribution is -0.274. The van der Waals surface area contributed by atoms with Gasteiger partial charge in [0.05, 0.1) is 23.6 Å². The molecule has 0 saturated heterocycles. The quantitative estimate of drug-likeness (QED) is 0.464. The number of aryl methyl sites for hydroxylation is 1. The summed E-state index contributed by atoms with van der Waals surface area (Å²) in [6.45, 7) is 3.06. The molecule has 11 heteroatoms. The molecule has 1 N–H and O–H groups in total. The van der Waals surface area contributed by atoms with Crippen molar-refractivity contribution in [2.75, 3.05) is 0 Å². The molecule has 0 aliphatic rings. The molecule has 0 radical (unpaired) electrons. The molecule has 2 heterocycles. The third-order valence-electron chi connectivity index (χ3n) is 5.15. The molecule has 2 aromatic heterocycles. The molecule has 0 fully saturated rings. The molecular formula is C23H20F3N5O3. The largest absolute Gasteiger partial charge is 0.573 e. The van der Waals surface area contributed by atoms with Crippen molar-refractivity contribution in [3.05, 3.63) is 82.4 Å². The molecule has 34 heavy (non-hydrogen) atoms. The maximum absolute atomic E-state index is 13.1. The highest BCUT2D eigenvalue weighted by molar-refractivity contribution is 5.82. The lowest BCUT2D eigenvalue weighted by atomic mass is 10.1. The second-order valence-corrected chi connectivity index (χ2v) is 7.61. The molecule has 176 valence electrons. The Morgan fingerprint density at radius 3 is 2.44 bits per heavy atom. The average Bonchev–Trinajstić information content (AvgIpc) is 3.23. The average molecular weight is 471 g/mol. The summed E-state index contributed by atoms with van der Waals surface area (Å²) < 4.78 is 43.4. The van der Waals surface area contributed by atoms with Gasteiger partial charge in [-0.25, -0.2) is 9.36 Å². The van der Waals surface area contributed by atoms with Crippen molar-refractivity contribution in [1.82, 2.24) is 24.9 Å². The first kappa shape index (κ1) is 23.0. The van der Waals surface area contributed by atoms with Crippen molar-refractivity contribution in [2.24, 2.45) is 0 Å². The fraction of sp³-hybridized carbons (Fsp3) is 0.217. The van der Waals surface area contributed by atoms with Crippen LogP contribution in [0.1, 0.15) is 24.2 Å². The Morgan fingerprint density at radius 2 is 1.79 bits per heavy atom. The van der Waals surface area contributed by atoms with Crippen LogP contribution in [0.3, 0.4) is 0 Å². The molecule has 4 aromatic rings. The van der Waals surface area contributed by atoms with E-state index in [0.29, 0.717) is 27.8 Å². The van der Waals surface area contributed by atoms with Crippen LogP contribution in [0, 0.1) is 6.92 Å². The number of amides is 1. The van der Waals surface area contributed by atoms with E-state index >= 15 is 0 Å². The van der Waals surface area contributed by atoms with Gasteiger partial charge >= 0.3 is 6.36 Å². The van der Waals surface area contributed by atoms with Crippen molar-refractivity contribution in [3.63, 3.8) is 0 Å². The second-order valence-electron chi connectivity index (χ2n) is 7.61. The zero-order valence-corrected chi connectivity index (χ0v) is 18.2. The fourth-order valence-corrected chi connectivity index (χ4v) is 3.56. The first-order valence-electron chi connectivity index (χ1n) is 10.3. The molecule has 0 aliphatic carbocycles. The predicted octanol–water partition coefficient (Wildman–Crippen LogP) is 3.67. The highest BCUT2D eigenvalue weighted by atomic mass is 19.4. The number of hydrogen-bond acceptors (Lipinski definition) is 5. The Labute approximate surface area is 191 Å². The highest BCUT2D eigenvalue weighted by Gasteiger charge is 2.31. The molecule has 1 unspecified atom stereocenters. The van der Waals surface area contributed by atoms with Gasteiger partial charge in [-0.3, -0.25) is 9.59 Å². The predicted molar refractivity (Wildman–Crippen MR) is 118 cm³/mol. The number of ether oxygens (including phenoxy) is 1. The summed E-state index contributed by atoms with van der Waals surface area (Å²) in [5.41, 5.74) is 1.64. The summed E-state index contributed by atoms with van der Waals surface area (Å²) in [6, 6.07) is 13.8. The Morgan fingerprint density at radius 1 is 1.12 bits per heavy atom. The van der Waals surface area contributed by atoms with E-state index in [1.54, 1.807) is 20.0 Å². The summed E-state index contributed by atoms with van der Waals surface area (Å²) in [5.74, 6) is -0.841. The van der Waals surface area contributed by atoms with Gasteiger partial charge in [0.15, 0.2) is 0 Å². The summed E-state index contributed by atoms with van der Waals surface area (Å²) >= 11 is 0. The van der Waals surface area contributed by atoms with E-state index in [-0.39, 0.29) is 12.3 Å². The number of carbonyl (C=O) groups is 1. The van der Waals surface area contributed by atoms with Crippen molar-refractivity contribution in [1.29, 1.82) is 0 Å². The molecule has 4 rings (SSSR count). The Balaban J connectivity index is 1.53. The van der Waals surface area contributed by atoms with Crippen LogP contribution in [0.2, 0.25) is 0 Å². The topological polar surface area (TPSA) is 91.0 Å². The molecular weight excluding hydrogens is 451 g/mol. The third kappa shape index (κ3) is 4.92. The number of rotatable bonds is 6. The molecule has 2 aromatic carbocycles. The number of halogens is 3. The zero-order chi connectivity index (χ0) is 24.5. The first-order chi connectivity index (χ1) is 16.1. The minimum Gasteiger partial charge on any atom is -0.406 e. The summed E-state index contributed by atoms with van der Waals surface area (Å²) in [5, 5.41) is 11.9. The standard InChI is InChI=1S/C23H20F3N5O3/c1-14(16-8-10-18(11-9-16)34-23(24,25)26)28-20(32)13-30-22(33)21-19(15(2)29-30)12-27-31(21)17-6-4-3-5-7-17/h3-12,14H,13H2,1-2H3,(H,28,32). The Bertz CT molecular complexity index is 1380. The van der Waals surface area contributed by atoms with Crippen LogP contribution in [0.4, 0.5) is 13.2 Å². The van der Waals surface area contributed by atoms with Crippen LogP contribution >= 0.6 is 0 Å². The van der Waals surface area contributed by atoms with Gasteiger partial charge in [0, 0.05) is 5.39 Å². The van der Waals surface area contributed by atoms with Crippen LogP contribution in [-0.2, 0) is 11.3 Å². The Hall–Kier alpha value is -4.15. The molecule has 0 bridgehead atoms. The van der Waals surface area contributed by atoms with Gasteiger partial charge in [-0.05, 0) is 43.7 Å². The van der Waals surface area contributed by atoms with Crippen molar-refractivity contribution in [2.45, 2.75) is 32.8 Å². The number of benzene rings is 2. The van der Waals surface area contributed by atoms with Crippen LogP contribution in [0.25, 0.3) is 16.6 Å². The van der Waals surface area contributed by atoms with Crippen LogP contribution in [0.15, 0.2) is 65.6 Å². The molecule has 1 amide bonds. The number of aromatic nitrogens is 4. The second kappa shape index (κ2) is 9.00. The first-order valence-corrected chi connectivity index (χ1v) is 10.3. The lowest BCUT2D eigenvalue weighted by Gasteiger charge is -2.16. The maximum Gasteiger partial charge on any atom is 0.573 e. The van der Waals surface area contributed by atoms with E-state index in [2.05, 4.69) is 20.3 Å². The van der Waals surface area contributed by atoms with Gasteiger partial charge in [-0.2, -0.15) is 10.2 Å². The van der Waals surface area contributed by atoms with E-state index in [1.807, 2.05) is 30.3 Å². The highest BCUT2D eigenvalue weighted by Crippen LogP contribution is 2.24. The maximum atomic E-state index is 13.1. The Kier molecular flexibility index (Phi) is 6.10. The number of hydrogen-bond donors (Lipinski definition) is 1. The number of nitrogens with one attached hydrogen (secondary N) is 1. The molecule has 8 nitrogen and oxygen atoms in total. The van der Waals surface area contributed by atoms with Gasteiger partial charge < -0.3 is 10.1 Å². The lowest BCUT2D eigenvalue weighted by Crippen LogP contribution is -2.35. The van der Waals surface area contributed by atoms with Gasteiger partial charge in [0.1, 0.15) is 17.8 Å². The number of fused-ring (bicyclic) bond motifs is 1. The van der Waals surface area contributed by atoms with Crippen LogP contribution in [0.5, 0.6) is 5.75 Å². The molecule has 0 aliphatic heterocycles. The van der Waals surface area contributed by atoms with Gasteiger partial charge in [0.2, 0.25) is 5.91 Å². The summed E-state index contributed by atoms with van der Waals surface area (Å²) in [4.78, 5) is 25.8. The zero-order valence-electron chi connectivity index (χ0n) is 18.2. The number of alkyl halides is 3. The van der Waals surface area contributed by atoms with E-state index in [4.69, 9.17) is 0 Å². The van der Waals surface area contributed by atoms with Crippen LogP contribution < -0.4 is 15.6 Å². The van der Waals surface area contributed by atoms with Crippen molar-refractivity contribution < 1.29 is 22.7 Å². The monoisotopic (exact) mass is 471 g/mol. The SMILES string of the molecule is Cc1nn(CC(=O)NC(C)c2ccc(OC(F)(F)F)cc2)c(=O)c2c1cnn2-c1ccccc1. The van der Waals surface area contributed by atoms with Crippen molar-refractivity contribution >= 4 is 16.8 Å². The van der Waals surface area contributed by atoms with E-state index < -0.39 is 23.9 Å². The van der Waals surface area contributed by atoms with Gasteiger partial charge in [0.25, 0.3) is 5.56 Å². The van der Waals surface area contributed by atoms with Gasteiger partial charge in [-0.15, -0.1) is 13.2 Å². The smallest absolute Gasteiger partial charge is 0.406 e. The summed E-state index contributed by atoms with van der Waals surface area (Å²) in [6.07, 6.45) is -3.22. The molecule has 0 spiro atoms. The molecule has 0 saturated carbocycles. The summed E-state index contributed by atoms with van der Waals surface area (Å²) in [7, 11) is 0. The molecule has 1 atom stereocenters.